The van der Waals surface area contributed by atoms with E-state index in [-0.39, 0.29) is 6.54 Å². The summed E-state index contributed by atoms with van der Waals surface area (Å²) in [7, 11) is -3.62. The van der Waals surface area contributed by atoms with Gasteiger partial charge in [-0.05, 0) is 84.3 Å². The number of ether oxygens (including phenoxy) is 2. The Kier molecular flexibility index (Phi) is 10.5. The van der Waals surface area contributed by atoms with Crippen LogP contribution in [0.2, 0.25) is 10.0 Å². The van der Waals surface area contributed by atoms with Crippen LogP contribution in [0, 0.1) is 0 Å². The van der Waals surface area contributed by atoms with Gasteiger partial charge in [0.15, 0.2) is 11.5 Å². The maximum atomic E-state index is 12.7. The monoisotopic (exact) mass is 625 g/mol. The molecule has 0 fully saturated rings. The first-order valence-corrected chi connectivity index (χ1v) is 15.5. The summed E-state index contributed by atoms with van der Waals surface area (Å²) in [4.78, 5) is 12.7. The lowest BCUT2D eigenvalue weighted by Gasteiger charge is -2.23. The number of nitrogens with one attached hydrogen (secondary N) is 1. The van der Waals surface area contributed by atoms with Crippen molar-refractivity contribution in [2.45, 2.75) is 20.1 Å². The van der Waals surface area contributed by atoms with Crippen molar-refractivity contribution in [3.8, 4) is 11.5 Å². The molecule has 0 heterocycles. The highest BCUT2D eigenvalue weighted by atomic mass is 35.5. The number of benzene rings is 4. The fraction of sp³-hybridized carbons (Fsp3) is 0.161. The molecule has 0 atom stereocenters. The Hall–Kier alpha value is -4.05. The number of carbonyl (C=O) groups excluding carboxylic acids is 1. The normalized spacial score (nSPS) is 11.3. The van der Waals surface area contributed by atoms with Crippen LogP contribution in [-0.4, -0.2) is 33.4 Å². The summed E-state index contributed by atoms with van der Waals surface area (Å²) in [6, 6.07) is 26.0. The smallest absolute Gasteiger partial charge is 0.271 e. The third-order valence-corrected chi connectivity index (χ3v) is 7.76. The predicted molar refractivity (Wildman–Crippen MR) is 167 cm³/mol. The van der Waals surface area contributed by atoms with Gasteiger partial charge >= 0.3 is 0 Å². The van der Waals surface area contributed by atoms with Crippen molar-refractivity contribution in [3.63, 3.8) is 0 Å². The lowest BCUT2D eigenvalue weighted by molar-refractivity contribution is 0.0955. The summed E-state index contributed by atoms with van der Waals surface area (Å²) < 4.78 is 37.9. The van der Waals surface area contributed by atoms with Crippen LogP contribution in [0.1, 0.15) is 34.0 Å². The first kappa shape index (κ1) is 30.9. The number of halogens is 2. The Bertz CT molecular complexity index is 1680. The van der Waals surface area contributed by atoms with E-state index in [0.29, 0.717) is 57.1 Å². The highest BCUT2D eigenvalue weighted by Gasteiger charge is 2.19. The molecule has 0 aromatic heterocycles. The molecular weight excluding hydrogens is 597 g/mol. The number of hydrogen-bond acceptors (Lipinski definition) is 6. The number of nitrogens with zero attached hydrogens (tertiary/aromatic N) is 2. The molecule has 0 aliphatic heterocycles. The molecule has 1 N–H and O–H groups in total. The summed E-state index contributed by atoms with van der Waals surface area (Å²) in [5, 5.41) is 5.16. The van der Waals surface area contributed by atoms with Crippen molar-refractivity contribution in [1.82, 2.24) is 5.43 Å². The van der Waals surface area contributed by atoms with Crippen LogP contribution in [0.15, 0.2) is 96.1 Å². The Balaban J connectivity index is 1.40. The third-order valence-electron chi connectivity index (χ3n) is 6.02. The van der Waals surface area contributed by atoms with Crippen LogP contribution in [0.5, 0.6) is 11.5 Å². The molecule has 0 aliphatic carbocycles. The number of sulfonamides is 1. The van der Waals surface area contributed by atoms with Gasteiger partial charge in [-0.25, -0.2) is 13.8 Å². The molecule has 0 unspecified atom stereocenters. The number of rotatable bonds is 12. The van der Waals surface area contributed by atoms with Gasteiger partial charge in [0, 0.05) is 15.6 Å². The molecule has 0 saturated heterocycles. The molecule has 0 bridgehead atoms. The summed E-state index contributed by atoms with van der Waals surface area (Å²) in [6.45, 7) is 2.70. The molecule has 0 aliphatic rings. The second kappa shape index (κ2) is 14.2. The van der Waals surface area contributed by atoms with Crippen LogP contribution in [-0.2, 0) is 23.2 Å². The molecule has 0 saturated carbocycles. The van der Waals surface area contributed by atoms with E-state index in [1.165, 1.54) is 22.7 Å². The molecule has 4 rings (SSSR count). The van der Waals surface area contributed by atoms with Crippen molar-refractivity contribution < 1.29 is 22.7 Å². The zero-order chi connectivity index (χ0) is 30.1. The van der Waals surface area contributed by atoms with Gasteiger partial charge in [0.2, 0.25) is 10.0 Å². The second-order valence-electron chi connectivity index (χ2n) is 9.16. The zero-order valence-corrected chi connectivity index (χ0v) is 25.3. The molecule has 11 heteroatoms. The summed E-state index contributed by atoms with van der Waals surface area (Å²) in [5.41, 5.74) is 5.47. The van der Waals surface area contributed by atoms with E-state index in [4.69, 9.17) is 32.7 Å². The quantitative estimate of drug-likeness (QED) is 0.139. The van der Waals surface area contributed by atoms with Gasteiger partial charge in [0.25, 0.3) is 5.91 Å². The van der Waals surface area contributed by atoms with Gasteiger partial charge in [0.05, 0.1) is 31.3 Å². The lowest BCUT2D eigenvalue weighted by atomic mass is 10.2. The molecule has 4 aromatic rings. The summed E-state index contributed by atoms with van der Waals surface area (Å²) >= 11 is 12.3. The maximum Gasteiger partial charge on any atom is 0.271 e. The Morgan fingerprint density at radius 3 is 2.38 bits per heavy atom. The highest BCUT2D eigenvalue weighted by molar-refractivity contribution is 7.92. The average molecular weight is 627 g/mol. The number of carbonyl (C=O) groups is 1. The number of amides is 1. The molecule has 4 aromatic carbocycles. The molecule has 1 amide bonds. The molecular formula is C31H29Cl2N3O5S. The Morgan fingerprint density at radius 2 is 1.69 bits per heavy atom. The average Bonchev–Trinajstić information content (AvgIpc) is 2.96. The SMILES string of the molecule is CCOc1cc(/C=N\NC(=O)c2ccc(N(Cc3ccccc3Cl)S(C)(=O)=O)cc2)ccc1OCc1cccc(Cl)c1. The summed E-state index contributed by atoms with van der Waals surface area (Å²) in [5.74, 6) is 0.648. The first-order chi connectivity index (χ1) is 20.1. The largest absolute Gasteiger partial charge is 0.490 e. The van der Waals surface area contributed by atoms with E-state index in [1.54, 1.807) is 60.7 Å². The van der Waals surface area contributed by atoms with Crippen LogP contribution in [0.3, 0.4) is 0 Å². The maximum absolute atomic E-state index is 12.7. The Labute approximate surface area is 255 Å². The lowest BCUT2D eigenvalue weighted by Crippen LogP contribution is -2.29. The Morgan fingerprint density at radius 1 is 0.929 bits per heavy atom. The molecule has 42 heavy (non-hydrogen) atoms. The topological polar surface area (TPSA) is 97.3 Å². The number of hydrogen-bond donors (Lipinski definition) is 1. The van der Waals surface area contributed by atoms with Crippen LogP contribution in [0.25, 0.3) is 0 Å². The van der Waals surface area contributed by atoms with E-state index in [9.17, 15) is 13.2 Å². The van der Waals surface area contributed by atoms with Gasteiger partial charge in [-0.15, -0.1) is 0 Å². The van der Waals surface area contributed by atoms with Gasteiger partial charge in [-0.1, -0.05) is 53.5 Å². The van der Waals surface area contributed by atoms with Crippen LogP contribution in [0.4, 0.5) is 5.69 Å². The van der Waals surface area contributed by atoms with Gasteiger partial charge in [-0.3, -0.25) is 9.10 Å². The zero-order valence-electron chi connectivity index (χ0n) is 23.0. The second-order valence-corrected chi connectivity index (χ2v) is 11.9. The van der Waals surface area contributed by atoms with Crippen LogP contribution < -0.4 is 19.2 Å². The van der Waals surface area contributed by atoms with Crippen molar-refractivity contribution in [1.29, 1.82) is 0 Å². The predicted octanol–water partition coefficient (Wildman–Crippen LogP) is 6.70. The minimum absolute atomic E-state index is 0.0580. The minimum atomic E-state index is -3.62. The number of hydrazone groups is 1. The summed E-state index contributed by atoms with van der Waals surface area (Å²) in [6.07, 6.45) is 2.61. The van der Waals surface area contributed by atoms with Crippen molar-refractivity contribution in [2.75, 3.05) is 17.2 Å². The molecule has 0 radical (unpaired) electrons. The van der Waals surface area contributed by atoms with E-state index in [0.717, 1.165) is 11.8 Å². The van der Waals surface area contributed by atoms with Crippen molar-refractivity contribution in [2.24, 2.45) is 5.10 Å². The fourth-order valence-corrected chi connectivity index (χ4v) is 5.26. The fourth-order valence-electron chi connectivity index (χ4n) is 3.97. The highest BCUT2D eigenvalue weighted by Crippen LogP contribution is 2.29. The van der Waals surface area contributed by atoms with Crippen LogP contribution >= 0.6 is 23.2 Å². The van der Waals surface area contributed by atoms with E-state index >= 15 is 0 Å². The minimum Gasteiger partial charge on any atom is -0.490 e. The molecule has 218 valence electrons. The van der Waals surface area contributed by atoms with Crippen molar-refractivity contribution in [3.05, 3.63) is 123 Å². The van der Waals surface area contributed by atoms with E-state index in [1.807, 2.05) is 25.1 Å². The van der Waals surface area contributed by atoms with E-state index in [2.05, 4.69) is 10.5 Å². The van der Waals surface area contributed by atoms with Crippen molar-refractivity contribution >= 4 is 51.0 Å². The molecule has 0 spiro atoms. The van der Waals surface area contributed by atoms with Gasteiger partial charge < -0.3 is 9.47 Å². The molecule has 8 nitrogen and oxygen atoms in total. The van der Waals surface area contributed by atoms with Gasteiger partial charge in [-0.2, -0.15) is 5.10 Å². The number of anilines is 1. The third kappa shape index (κ3) is 8.48. The standard InChI is InChI=1S/C31H29Cl2N3O5S/c1-3-40-30-18-22(11-16-29(30)41-21-23-7-6-9-26(32)17-23)19-34-35-31(37)24-12-14-27(15-13-24)36(42(2,38)39)20-25-8-4-5-10-28(25)33/h4-19H,3,20-21H2,1-2H3,(H,35,37)/b34-19-. The van der Waals surface area contributed by atoms with Gasteiger partial charge in [0.1, 0.15) is 6.61 Å². The van der Waals surface area contributed by atoms with E-state index < -0.39 is 15.9 Å². The first-order valence-electron chi connectivity index (χ1n) is 12.9.